The quantitative estimate of drug-likeness (QED) is 0.752. The van der Waals surface area contributed by atoms with Crippen molar-refractivity contribution in [2.24, 2.45) is 0 Å². The molecule has 0 aliphatic carbocycles. The average Bonchev–Trinajstić information content (AvgIpc) is 2.68. The van der Waals surface area contributed by atoms with Crippen LogP contribution in [0.3, 0.4) is 0 Å². The summed E-state index contributed by atoms with van der Waals surface area (Å²) in [5.74, 6) is -0.0713. The highest BCUT2D eigenvalue weighted by atomic mass is 32.2. The first-order valence-corrected chi connectivity index (χ1v) is 11.4. The van der Waals surface area contributed by atoms with Gasteiger partial charge in [-0.1, -0.05) is 6.07 Å². The topological polar surface area (TPSA) is 80.8 Å². The zero-order valence-electron chi connectivity index (χ0n) is 14.7. The van der Waals surface area contributed by atoms with Gasteiger partial charge in [-0.2, -0.15) is 4.31 Å². The predicted molar refractivity (Wildman–Crippen MR) is 98.4 cm³/mol. The summed E-state index contributed by atoms with van der Waals surface area (Å²) < 4.78 is 70.5. The van der Waals surface area contributed by atoms with Crippen LogP contribution >= 0.6 is 0 Å². The van der Waals surface area contributed by atoms with Crippen molar-refractivity contribution in [2.45, 2.75) is 27.9 Å². The Morgan fingerprint density at radius 3 is 2.15 bits per heavy atom. The van der Waals surface area contributed by atoms with Crippen LogP contribution in [0.1, 0.15) is 12.8 Å². The Kier molecular flexibility index (Phi) is 5.55. The summed E-state index contributed by atoms with van der Waals surface area (Å²) in [7, 11) is -5.91. The van der Waals surface area contributed by atoms with Crippen molar-refractivity contribution in [1.29, 1.82) is 0 Å². The monoisotopic (exact) mass is 413 g/mol. The van der Waals surface area contributed by atoms with E-state index in [1.807, 2.05) is 0 Å². The van der Waals surface area contributed by atoms with E-state index in [9.17, 15) is 21.2 Å². The molecule has 9 heteroatoms. The van der Waals surface area contributed by atoms with Crippen molar-refractivity contribution in [3.8, 4) is 5.75 Å². The summed E-state index contributed by atoms with van der Waals surface area (Å²) in [6, 6.07) is 10.9. The Morgan fingerprint density at radius 1 is 0.963 bits per heavy atom. The molecule has 2 aromatic rings. The van der Waals surface area contributed by atoms with Gasteiger partial charge in [-0.3, -0.25) is 0 Å². The Hall–Kier alpha value is -1.97. The minimum atomic E-state index is -3.85. The van der Waals surface area contributed by atoms with Crippen LogP contribution in [0.2, 0.25) is 0 Å². The number of methoxy groups -OCH3 is 1. The molecule has 0 bridgehead atoms. The Balaban J connectivity index is 1.74. The van der Waals surface area contributed by atoms with E-state index in [0.717, 1.165) is 6.07 Å². The predicted octanol–water partition coefficient (Wildman–Crippen LogP) is 2.46. The second kappa shape index (κ2) is 7.57. The van der Waals surface area contributed by atoms with Crippen LogP contribution in [0.5, 0.6) is 5.75 Å². The Bertz CT molecular complexity index is 1010. The van der Waals surface area contributed by atoms with E-state index >= 15 is 0 Å². The molecule has 0 aromatic heterocycles. The van der Waals surface area contributed by atoms with Gasteiger partial charge in [0.25, 0.3) is 0 Å². The van der Waals surface area contributed by atoms with E-state index < -0.39 is 30.9 Å². The molecule has 0 N–H and O–H groups in total. The molecular weight excluding hydrogens is 393 g/mol. The minimum Gasteiger partial charge on any atom is -0.497 e. The SMILES string of the molecule is COc1ccc(S(=O)(=O)C2CCN(S(=O)(=O)c3cccc(F)c3)CC2)cc1. The van der Waals surface area contributed by atoms with E-state index in [4.69, 9.17) is 4.74 Å². The Morgan fingerprint density at radius 2 is 1.59 bits per heavy atom. The molecule has 1 aliphatic rings. The maximum absolute atomic E-state index is 13.4. The summed E-state index contributed by atoms with van der Waals surface area (Å²) in [5.41, 5.74) is 0. The number of rotatable bonds is 5. The highest BCUT2D eigenvalue weighted by Gasteiger charge is 2.35. The smallest absolute Gasteiger partial charge is 0.243 e. The van der Waals surface area contributed by atoms with Gasteiger partial charge in [0.1, 0.15) is 11.6 Å². The van der Waals surface area contributed by atoms with Crippen LogP contribution < -0.4 is 4.74 Å². The zero-order chi connectivity index (χ0) is 19.7. The number of nitrogens with zero attached hydrogens (tertiary/aromatic N) is 1. The summed E-state index contributed by atoms with van der Waals surface area (Å²) in [6.07, 6.45) is 0.367. The number of sulfone groups is 1. The lowest BCUT2D eigenvalue weighted by atomic mass is 10.2. The van der Waals surface area contributed by atoms with Crippen molar-refractivity contribution >= 4 is 19.9 Å². The van der Waals surface area contributed by atoms with E-state index in [1.54, 1.807) is 12.1 Å². The third kappa shape index (κ3) is 3.99. The molecular formula is C18H20FNO5S2. The first-order valence-electron chi connectivity index (χ1n) is 8.39. The third-order valence-electron chi connectivity index (χ3n) is 4.66. The molecule has 1 fully saturated rings. The van der Waals surface area contributed by atoms with Gasteiger partial charge < -0.3 is 4.74 Å². The normalized spacial score (nSPS) is 17.0. The van der Waals surface area contributed by atoms with E-state index in [2.05, 4.69) is 0 Å². The van der Waals surface area contributed by atoms with Crippen LogP contribution in [0.15, 0.2) is 58.3 Å². The average molecular weight is 413 g/mol. The molecule has 0 saturated carbocycles. The van der Waals surface area contributed by atoms with Crippen molar-refractivity contribution in [2.75, 3.05) is 20.2 Å². The van der Waals surface area contributed by atoms with Crippen LogP contribution in [0.4, 0.5) is 4.39 Å². The first-order chi connectivity index (χ1) is 12.7. The highest BCUT2D eigenvalue weighted by molar-refractivity contribution is 7.92. The van der Waals surface area contributed by atoms with Gasteiger partial charge in [0, 0.05) is 13.1 Å². The molecule has 0 radical (unpaired) electrons. The molecule has 2 aromatic carbocycles. The van der Waals surface area contributed by atoms with E-state index in [1.165, 1.54) is 41.7 Å². The molecule has 146 valence electrons. The molecule has 27 heavy (non-hydrogen) atoms. The minimum absolute atomic E-state index is 0.0684. The number of benzene rings is 2. The van der Waals surface area contributed by atoms with Crippen LogP contribution in [0.25, 0.3) is 0 Å². The number of hydrogen-bond donors (Lipinski definition) is 0. The molecule has 0 spiro atoms. The molecule has 6 nitrogen and oxygen atoms in total. The Labute approximate surface area is 158 Å². The van der Waals surface area contributed by atoms with Gasteiger partial charge in [0.2, 0.25) is 10.0 Å². The van der Waals surface area contributed by atoms with Crippen LogP contribution in [-0.2, 0) is 19.9 Å². The maximum atomic E-state index is 13.4. The van der Waals surface area contributed by atoms with Gasteiger partial charge in [-0.25, -0.2) is 21.2 Å². The number of piperidine rings is 1. The second-order valence-electron chi connectivity index (χ2n) is 6.28. The summed E-state index contributed by atoms with van der Waals surface area (Å²) in [4.78, 5) is 0.0636. The molecule has 0 unspecified atom stereocenters. The highest BCUT2D eigenvalue weighted by Crippen LogP contribution is 2.28. The van der Waals surface area contributed by atoms with Gasteiger partial charge in [0.15, 0.2) is 9.84 Å². The first kappa shape index (κ1) is 19.8. The van der Waals surface area contributed by atoms with Gasteiger partial charge >= 0.3 is 0 Å². The van der Waals surface area contributed by atoms with E-state index in [-0.39, 0.29) is 35.7 Å². The zero-order valence-corrected chi connectivity index (χ0v) is 16.3. The summed E-state index contributed by atoms with van der Waals surface area (Å²) >= 11 is 0. The number of hydrogen-bond acceptors (Lipinski definition) is 5. The fourth-order valence-corrected chi connectivity index (χ4v) is 6.35. The van der Waals surface area contributed by atoms with Crippen molar-refractivity contribution in [3.05, 3.63) is 54.3 Å². The lowest BCUT2D eigenvalue weighted by molar-refractivity contribution is 0.345. The fourth-order valence-electron chi connectivity index (χ4n) is 3.12. The fraction of sp³-hybridized carbons (Fsp3) is 0.333. The molecule has 1 saturated heterocycles. The number of ether oxygens (including phenoxy) is 1. The van der Waals surface area contributed by atoms with Gasteiger partial charge in [-0.15, -0.1) is 0 Å². The van der Waals surface area contributed by atoms with Crippen LogP contribution in [-0.4, -0.2) is 46.6 Å². The van der Waals surface area contributed by atoms with Gasteiger partial charge in [0.05, 0.1) is 22.2 Å². The number of sulfonamides is 1. The molecule has 1 heterocycles. The van der Waals surface area contributed by atoms with Crippen LogP contribution in [0, 0.1) is 5.82 Å². The molecule has 3 rings (SSSR count). The van der Waals surface area contributed by atoms with Crippen molar-refractivity contribution in [3.63, 3.8) is 0 Å². The largest absolute Gasteiger partial charge is 0.497 e. The van der Waals surface area contributed by atoms with E-state index in [0.29, 0.717) is 5.75 Å². The standard InChI is InChI=1S/C18H20FNO5S2/c1-25-15-5-7-16(8-6-15)26(21,22)17-9-11-20(12-10-17)27(23,24)18-4-2-3-14(19)13-18/h2-8,13,17H,9-12H2,1H3. The second-order valence-corrected chi connectivity index (χ2v) is 10.4. The molecule has 1 aliphatic heterocycles. The lowest BCUT2D eigenvalue weighted by Gasteiger charge is -2.31. The van der Waals surface area contributed by atoms with Crippen molar-refractivity contribution in [1.82, 2.24) is 4.31 Å². The lowest BCUT2D eigenvalue weighted by Crippen LogP contribution is -2.42. The van der Waals surface area contributed by atoms with Gasteiger partial charge in [-0.05, 0) is 55.3 Å². The summed E-state index contributed by atoms with van der Waals surface area (Å²) in [6.45, 7) is 0.137. The molecule has 0 amide bonds. The third-order valence-corrected chi connectivity index (χ3v) is 8.83. The maximum Gasteiger partial charge on any atom is 0.243 e. The van der Waals surface area contributed by atoms with Crippen molar-refractivity contribution < 1.29 is 26.0 Å². The summed E-state index contributed by atoms with van der Waals surface area (Å²) in [5, 5.41) is -0.662. The molecule has 0 atom stereocenters. The number of halogens is 1.